The summed E-state index contributed by atoms with van der Waals surface area (Å²) in [5.41, 5.74) is 0. The molecule has 0 amide bonds. The van der Waals surface area contributed by atoms with Crippen molar-refractivity contribution in [3.05, 3.63) is 0 Å². The Labute approximate surface area is 232 Å². The molecule has 212 valence electrons. The Hall–Kier alpha value is -0.160. The summed E-state index contributed by atoms with van der Waals surface area (Å²) in [6, 6.07) is 7.62. The van der Waals surface area contributed by atoms with Gasteiger partial charge in [0.05, 0.1) is 0 Å². The highest BCUT2D eigenvalue weighted by molar-refractivity contribution is 5.20. The van der Waals surface area contributed by atoms with Crippen molar-refractivity contribution in [2.75, 3.05) is 6.54 Å². The first-order valence-corrected chi connectivity index (χ1v) is 17.9. The molecule has 0 aromatic heterocycles. The second-order valence-electron chi connectivity index (χ2n) is 16.0. The Balaban J connectivity index is 1.17. The smallest absolute Gasteiger partial charge is 0.0417 e. The molecular formula is C34H56N4. The molecule has 0 aromatic carbocycles. The average molecular weight is 521 g/mol. The van der Waals surface area contributed by atoms with Crippen LogP contribution in [0.1, 0.15) is 122 Å². The molecule has 4 saturated carbocycles. The van der Waals surface area contributed by atoms with Crippen LogP contribution in [0, 0.1) is 29.6 Å². The minimum atomic E-state index is 0.784. The fraction of sp³-hybridized carbons (Fsp3) is 1.00. The molecular weight excluding hydrogens is 464 g/mol. The van der Waals surface area contributed by atoms with Gasteiger partial charge in [-0.25, -0.2) is 0 Å². The zero-order chi connectivity index (χ0) is 24.8. The van der Waals surface area contributed by atoms with E-state index in [1.165, 1.54) is 129 Å². The van der Waals surface area contributed by atoms with E-state index in [0.717, 1.165) is 84.0 Å². The van der Waals surface area contributed by atoms with Crippen LogP contribution < -0.4 is 10.6 Å². The maximum Gasteiger partial charge on any atom is 0.0417 e. The van der Waals surface area contributed by atoms with Gasteiger partial charge in [-0.15, -0.1) is 0 Å². The van der Waals surface area contributed by atoms with Gasteiger partial charge in [0.2, 0.25) is 0 Å². The van der Waals surface area contributed by atoms with Crippen LogP contribution in [0.5, 0.6) is 0 Å². The van der Waals surface area contributed by atoms with E-state index in [4.69, 9.17) is 0 Å². The van der Waals surface area contributed by atoms with Crippen LogP contribution in [0.2, 0.25) is 0 Å². The topological polar surface area (TPSA) is 30.5 Å². The van der Waals surface area contributed by atoms with Crippen molar-refractivity contribution < 1.29 is 0 Å². The van der Waals surface area contributed by atoms with E-state index in [0.29, 0.717) is 0 Å². The molecule has 4 aliphatic carbocycles. The third-order valence-electron chi connectivity index (χ3n) is 14.6. The number of hydrogen-bond donors (Lipinski definition) is 2. The Morgan fingerprint density at radius 1 is 0.474 bits per heavy atom. The van der Waals surface area contributed by atoms with Crippen LogP contribution in [0.4, 0.5) is 0 Å². The fourth-order valence-corrected chi connectivity index (χ4v) is 13.4. The lowest BCUT2D eigenvalue weighted by Gasteiger charge is -2.51. The summed E-state index contributed by atoms with van der Waals surface area (Å²) in [5.74, 6) is 4.72. The number of hydrogen-bond acceptors (Lipinski definition) is 4. The van der Waals surface area contributed by atoms with Crippen molar-refractivity contribution >= 4 is 0 Å². The fourth-order valence-electron chi connectivity index (χ4n) is 13.4. The van der Waals surface area contributed by atoms with Gasteiger partial charge in [0.1, 0.15) is 0 Å². The molecule has 38 heavy (non-hydrogen) atoms. The first-order chi connectivity index (χ1) is 18.8. The van der Waals surface area contributed by atoms with E-state index in [-0.39, 0.29) is 0 Å². The number of piperidine rings is 2. The van der Waals surface area contributed by atoms with E-state index >= 15 is 0 Å². The van der Waals surface area contributed by atoms with Gasteiger partial charge in [-0.05, 0) is 107 Å². The van der Waals surface area contributed by atoms with Gasteiger partial charge >= 0.3 is 0 Å². The second kappa shape index (κ2) is 9.70. The SMILES string of the molecule is C1CC2NC(C1)C1CCCC(C1)N1C3CCCCC3C3NCC4C5CCCCC5N(C5CCCC2C5)C4C31. The molecule has 0 spiro atoms. The lowest BCUT2D eigenvalue weighted by molar-refractivity contribution is -0.0194. The van der Waals surface area contributed by atoms with Crippen molar-refractivity contribution in [1.29, 1.82) is 0 Å². The highest BCUT2D eigenvalue weighted by Gasteiger charge is 2.64. The zero-order valence-corrected chi connectivity index (χ0v) is 24.1. The maximum atomic E-state index is 4.42. The summed E-state index contributed by atoms with van der Waals surface area (Å²) in [6.07, 6.45) is 28.5. The quantitative estimate of drug-likeness (QED) is 0.429. The van der Waals surface area contributed by atoms with Crippen molar-refractivity contribution in [2.45, 2.75) is 176 Å². The maximum absolute atomic E-state index is 4.42. The standard InChI is InChI=1S/C34H56N4/c1-3-16-30-25(12-1)27-20-35-32-26-13-2-4-17-31(26)38-24-11-6-9-22(19-24)29-15-7-14-28(36-29)21-8-5-10-23(18-21)37(30)33(27)34(32)38/h21-36H,1-20H2. The van der Waals surface area contributed by atoms with Gasteiger partial charge in [-0.1, -0.05) is 44.9 Å². The Morgan fingerprint density at radius 2 is 1.05 bits per heavy atom. The van der Waals surface area contributed by atoms with Gasteiger partial charge < -0.3 is 10.6 Å². The van der Waals surface area contributed by atoms with Crippen LogP contribution >= 0.6 is 0 Å². The molecule has 4 nitrogen and oxygen atoms in total. The summed E-state index contributed by atoms with van der Waals surface area (Å²) >= 11 is 0. The summed E-state index contributed by atoms with van der Waals surface area (Å²) in [4.78, 5) is 6.70. The zero-order valence-electron chi connectivity index (χ0n) is 24.1. The first kappa shape index (κ1) is 24.4. The van der Waals surface area contributed by atoms with Crippen LogP contribution in [0.3, 0.4) is 0 Å². The summed E-state index contributed by atoms with van der Waals surface area (Å²) < 4.78 is 0. The third kappa shape index (κ3) is 3.67. The van der Waals surface area contributed by atoms with Crippen LogP contribution in [0.15, 0.2) is 0 Å². The van der Waals surface area contributed by atoms with Crippen molar-refractivity contribution in [3.8, 4) is 0 Å². The molecule has 14 unspecified atom stereocenters. The summed E-state index contributed by atoms with van der Waals surface area (Å²) in [6.45, 7) is 1.34. The molecule has 6 bridgehead atoms. The highest BCUT2D eigenvalue weighted by atomic mass is 15.4. The molecule has 5 saturated heterocycles. The van der Waals surface area contributed by atoms with Crippen molar-refractivity contribution in [1.82, 2.24) is 20.4 Å². The van der Waals surface area contributed by atoms with Gasteiger partial charge in [-0.3, -0.25) is 9.80 Å². The summed E-state index contributed by atoms with van der Waals surface area (Å²) in [5, 5.41) is 8.80. The predicted molar refractivity (Wildman–Crippen MR) is 154 cm³/mol. The molecule has 0 aromatic rings. The van der Waals surface area contributed by atoms with Crippen molar-refractivity contribution in [3.63, 3.8) is 0 Å². The Bertz CT molecular complexity index is 809. The predicted octanol–water partition coefficient (Wildman–Crippen LogP) is 5.70. The highest BCUT2D eigenvalue weighted by Crippen LogP contribution is 2.55. The molecule has 9 aliphatic rings. The molecule has 4 heteroatoms. The Morgan fingerprint density at radius 3 is 1.76 bits per heavy atom. The second-order valence-corrected chi connectivity index (χ2v) is 16.0. The number of rotatable bonds is 0. The van der Waals surface area contributed by atoms with E-state index in [1.807, 2.05) is 0 Å². The lowest BCUT2D eigenvalue weighted by Crippen LogP contribution is -2.66. The minimum Gasteiger partial charge on any atom is -0.312 e. The van der Waals surface area contributed by atoms with Crippen molar-refractivity contribution in [2.24, 2.45) is 29.6 Å². The molecule has 0 radical (unpaired) electrons. The van der Waals surface area contributed by atoms with Gasteiger partial charge in [0.25, 0.3) is 0 Å². The number of nitrogens with one attached hydrogen (secondary N) is 2. The van der Waals surface area contributed by atoms with Gasteiger partial charge in [0, 0.05) is 60.9 Å². The van der Waals surface area contributed by atoms with E-state index in [9.17, 15) is 0 Å². The molecule has 2 N–H and O–H groups in total. The van der Waals surface area contributed by atoms with E-state index < -0.39 is 0 Å². The van der Waals surface area contributed by atoms with E-state index in [2.05, 4.69) is 20.4 Å². The molecule has 9 rings (SSSR count). The van der Waals surface area contributed by atoms with Gasteiger partial charge in [-0.2, -0.15) is 0 Å². The third-order valence-corrected chi connectivity index (χ3v) is 14.6. The molecule has 9 fully saturated rings. The monoisotopic (exact) mass is 520 g/mol. The lowest BCUT2D eigenvalue weighted by atomic mass is 9.73. The molecule has 5 aliphatic heterocycles. The number of fused-ring (bicyclic) bond motifs is 16. The molecule has 5 heterocycles. The normalized spacial score (nSPS) is 56.5. The average Bonchev–Trinajstić information content (AvgIpc) is 3.50. The molecule has 14 atom stereocenters. The number of nitrogens with zero attached hydrogens (tertiary/aromatic N) is 2. The van der Waals surface area contributed by atoms with Crippen LogP contribution in [-0.2, 0) is 0 Å². The van der Waals surface area contributed by atoms with E-state index in [1.54, 1.807) is 0 Å². The van der Waals surface area contributed by atoms with Crippen LogP contribution in [-0.4, -0.2) is 70.7 Å². The largest absolute Gasteiger partial charge is 0.312 e. The van der Waals surface area contributed by atoms with Crippen LogP contribution in [0.25, 0.3) is 0 Å². The minimum absolute atomic E-state index is 0.784. The first-order valence-electron chi connectivity index (χ1n) is 17.9. The Kier molecular flexibility index (Phi) is 6.24. The van der Waals surface area contributed by atoms with Gasteiger partial charge in [0.15, 0.2) is 0 Å². The summed E-state index contributed by atoms with van der Waals surface area (Å²) in [7, 11) is 0.